The number of hydrogen-bond donors (Lipinski definition) is 1. The number of fused-ring (bicyclic) bond motifs is 3. The zero-order chi connectivity index (χ0) is 13.4. The Morgan fingerprint density at radius 2 is 2.21 bits per heavy atom. The minimum Gasteiger partial charge on any atom is -0.507 e. The second-order valence-electron chi connectivity index (χ2n) is 5.87. The highest BCUT2D eigenvalue weighted by Gasteiger charge is 2.54. The molecule has 3 aliphatic carbocycles. The van der Waals surface area contributed by atoms with Crippen LogP contribution < -0.4 is 0 Å². The van der Waals surface area contributed by atoms with Crippen molar-refractivity contribution < 1.29 is 9.90 Å². The molecule has 1 aromatic carbocycles. The van der Waals surface area contributed by atoms with Gasteiger partial charge in [0.25, 0.3) is 0 Å². The molecule has 1 spiro atoms. The van der Waals surface area contributed by atoms with E-state index in [4.69, 9.17) is 11.6 Å². The number of halogens is 2. The van der Waals surface area contributed by atoms with Gasteiger partial charge in [-0.15, -0.1) is 0 Å². The Morgan fingerprint density at radius 1 is 1.42 bits per heavy atom. The van der Waals surface area contributed by atoms with Gasteiger partial charge in [-0.2, -0.15) is 0 Å². The fourth-order valence-corrected chi connectivity index (χ4v) is 5.06. The number of phenols is 1. The van der Waals surface area contributed by atoms with Crippen molar-refractivity contribution in [1.82, 2.24) is 0 Å². The first-order chi connectivity index (χ1) is 9.03. The third-order valence-corrected chi connectivity index (χ3v) is 6.21. The van der Waals surface area contributed by atoms with E-state index in [1.807, 2.05) is 6.07 Å². The molecular weight excluding hydrogens is 328 g/mol. The van der Waals surface area contributed by atoms with Crippen LogP contribution in [0.4, 0.5) is 0 Å². The summed E-state index contributed by atoms with van der Waals surface area (Å²) in [5, 5.41) is 10.3. The quantitative estimate of drug-likeness (QED) is 0.775. The molecule has 3 aliphatic rings. The van der Waals surface area contributed by atoms with Gasteiger partial charge < -0.3 is 5.11 Å². The smallest absolute Gasteiger partial charge is 0.177 e. The van der Waals surface area contributed by atoms with Crippen LogP contribution in [0.15, 0.2) is 21.6 Å². The molecule has 4 rings (SSSR count). The van der Waals surface area contributed by atoms with Crippen molar-refractivity contribution in [1.29, 1.82) is 0 Å². The number of hydrogen-bond acceptors (Lipinski definition) is 2. The van der Waals surface area contributed by atoms with Crippen molar-refractivity contribution in [2.24, 2.45) is 11.3 Å². The number of rotatable bonds is 0. The van der Waals surface area contributed by atoms with Gasteiger partial charge in [0.15, 0.2) is 5.78 Å². The third-order valence-electron chi connectivity index (χ3n) is 4.95. The predicted molar refractivity (Wildman–Crippen MR) is 77.1 cm³/mol. The Balaban J connectivity index is 2.03. The summed E-state index contributed by atoms with van der Waals surface area (Å²) >= 11 is 9.83. The van der Waals surface area contributed by atoms with Crippen LogP contribution in [0.25, 0.3) is 5.57 Å². The Labute approximate surface area is 124 Å². The van der Waals surface area contributed by atoms with Crippen molar-refractivity contribution >= 4 is 38.9 Å². The number of Topliss-reactive ketones (excluding diaryl/α,β-unsaturated/α-hetero) is 1. The molecule has 98 valence electrons. The Morgan fingerprint density at radius 3 is 3.00 bits per heavy atom. The van der Waals surface area contributed by atoms with E-state index in [0.29, 0.717) is 5.03 Å². The number of carbonyl (C=O) groups excluding carboxylic acids is 1. The highest BCUT2D eigenvalue weighted by atomic mass is 79.9. The highest BCUT2D eigenvalue weighted by Crippen LogP contribution is 2.63. The standard InChI is InChI=1S/C15H12BrClO2/c16-12-9-6-15-4-3-7(5-15)14(19)13(17)11(15)8(9)1-2-10(12)18/h1-2,7,18H,3-6H2/t7-,15+/m1/s1. The fraction of sp³-hybridized carbons (Fsp3) is 0.400. The van der Waals surface area contributed by atoms with Crippen molar-refractivity contribution in [2.75, 3.05) is 0 Å². The summed E-state index contributed by atoms with van der Waals surface area (Å²) in [5.74, 6) is 0.478. The molecule has 2 bridgehead atoms. The topological polar surface area (TPSA) is 37.3 Å². The fourth-order valence-electron chi connectivity index (χ4n) is 4.12. The van der Waals surface area contributed by atoms with Gasteiger partial charge in [-0.05, 0) is 64.4 Å². The molecule has 0 saturated heterocycles. The number of aromatic hydroxyl groups is 1. The van der Waals surface area contributed by atoms with Crippen LogP contribution in [0, 0.1) is 11.3 Å². The summed E-state index contributed by atoms with van der Waals surface area (Å²) < 4.78 is 0.752. The first-order valence-corrected chi connectivity index (χ1v) is 7.66. The number of ketones is 1. The molecule has 2 atom stereocenters. The average molecular weight is 340 g/mol. The summed E-state index contributed by atoms with van der Waals surface area (Å²) in [7, 11) is 0. The van der Waals surface area contributed by atoms with E-state index >= 15 is 0 Å². The van der Waals surface area contributed by atoms with Crippen LogP contribution in [0.3, 0.4) is 0 Å². The van der Waals surface area contributed by atoms with Crippen LogP contribution in [0.1, 0.15) is 30.4 Å². The maximum absolute atomic E-state index is 12.2. The molecule has 1 saturated carbocycles. The lowest BCUT2D eigenvalue weighted by molar-refractivity contribution is -0.118. The summed E-state index contributed by atoms with van der Waals surface area (Å²) in [4.78, 5) is 12.2. The van der Waals surface area contributed by atoms with Gasteiger partial charge in [-0.1, -0.05) is 17.7 Å². The zero-order valence-electron chi connectivity index (χ0n) is 10.2. The molecule has 1 N–H and O–H groups in total. The molecule has 19 heavy (non-hydrogen) atoms. The number of phenolic OH excluding ortho intramolecular Hbond substituents is 1. The van der Waals surface area contributed by atoms with E-state index < -0.39 is 0 Å². The third kappa shape index (κ3) is 1.35. The van der Waals surface area contributed by atoms with Crippen molar-refractivity contribution in [2.45, 2.75) is 25.7 Å². The van der Waals surface area contributed by atoms with Crippen molar-refractivity contribution in [3.8, 4) is 5.75 Å². The van der Waals surface area contributed by atoms with Crippen LogP contribution >= 0.6 is 27.5 Å². The van der Waals surface area contributed by atoms with Gasteiger partial charge in [0.05, 0.1) is 9.51 Å². The zero-order valence-corrected chi connectivity index (χ0v) is 12.5. The molecule has 2 nitrogen and oxygen atoms in total. The van der Waals surface area contributed by atoms with Gasteiger partial charge in [0, 0.05) is 11.3 Å². The summed E-state index contributed by atoms with van der Waals surface area (Å²) in [6.45, 7) is 0. The Kier molecular flexibility index (Phi) is 2.30. The second-order valence-corrected chi connectivity index (χ2v) is 7.05. The number of carbonyl (C=O) groups is 1. The second kappa shape index (κ2) is 3.64. The van der Waals surface area contributed by atoms with Crippen LogP contribution in [-0.4, -0.2) is 10.9 Å². The molecule has 0 heterocycles. The SMILES string of the molecule is O=C1C(Cl)=C2c3ccc(O)c(Br)c3C[C@@]23CC[C@@H]1C3. The number of allylic oxidation sites excluding steroid dienone is 2. The van der Waals surface area contributed by atoms with Crippen LogP contribution in [0.2, 0.25) is 0 Å². The maximum atomic E-state index is 12.2. The van der Waals surface area contributed by atoms with E-state index in [1.165, 1.54) is 0 Å². The molecule has 0 aliphatic heterocycles. The Hall–Kier alpha value is -0.800. The average Bonchev–Trinajstić information content (AvgIpc) is 2.93. The molecule has 0 unspecified atom stereocenters. The van der Waals surface area contributed by atoms with E-state index in [0.717, 1.165) is 46.9 Å². The largest absolute Gasteiger partial charge is 0.507 e. The maximum Gasteiger partial charge on any atom is 0.177 e. The molecule has 1 aromatic rings. The molecule has 1 fully saturated rings. The first kappa shape index (κ1) is 12.0. The minimum atomic E-state index is 0.0360. The van der Waals surface area contributed by atoms with Crippen molar-refractivity contribution in [3.63, 3.8) is 0 Å². The monoisotopic (exact) mass is 338 g/mol. The van der Waals surface area contributed by atoms with E-state index in [9.17, 15) is 9.90 Å². The van der Waals surface area contributed by atoms with Gasteiger partial charge >= 0.3 is 0 Å². The normalized spacial score (nSPS) is 31.7. The van der Waals surface area contributed by atoms with Crippen LogP contribution in [-0.2, 0) is 11.2 Å². The summed E-state index contributed by atoms with van der Waals surface area (Å²) in [5.41, 5.74) is 3.21. The Bertz CT molecular complexity index is 664. The van der Waals surface area contributed by atoms with Gasteiger partial charge in [0.2, 0.25) is 0 Å². The van der Waals surface area contributed by atoms with E-state index in [1.54, 1.807) is 6.07 Å². The lowest BCUT2D eigenvalue weighted by Crippen LogP contribution is -2.25. The van der Waals surface area contributed by atoms with Gasteiger partial charge in [0.1, 0.15) is 5.75 Å². The van der Waals surface area contributed by atoms with Gasteiger partial charge in [-0.3, -0.25) is 4.79 Å². The molecule has 4 heteroatoms. The molecule has 0 radical (unpaired) electrons. The lowest BCUT2D eigenvalue weighted by Gasteiger charge is -2.30. The lowest BCUT2D eigenvalue weighted by atomic mass is 9.74. The minimum absolute atomic E-state index is 0.0360. The van der Waals surface area contributed by atoms with Gasteiger partial charge in [-0.25, -0.2) is 0 Å². The van der Waals surface area contributed by atoms with Crippen molar-refractivity contribution in [3.05, 3.63) is 32.8 Å². The summed E-state index contributed by atoms with van der Waals surface area (Å²) in [6.07, 6.45) is 3.76. The predicted octanol–water partition coefficient (Wildman–Crippen LogP) is 4.03. The first-order valence-electron chi connectivity index (χ1n) is 6.49. The van der Waals surface area contributed by atoms with Crippen LogP contribution in [0.5, 0.6) is 5.75 Å². The molecule has 0 aromatic heterocycles. The van der Waals surface area contributed by atoms with E-state index in [2.05, 4.69) is 15.9 Å². The molecule has 0 amide bonds. The molecular formula is C15H12BrClO2. The highest BCUT2D eigenvalue weighted by molar-refractivity contribution is 9.10. The number of benzene rings is 1. The van der Waals surface area contributed by atoms with E-state index in [-0.39, 0.29) is 22.9 Å². The summed E-state index contributed by atoms with van der Waals surface area (Å²) in [6, 6.07) is 3.57.